The van der Waals surface area contributed by atoms with Crippen molar-refractivity contribution in [3.63, 3.8) is 0 Å². The van der Waals surface area contributed by atoms with Gasteiger partial charge in [-0.2, -0.15) is 0 Å². The van der Waals surface area contributed by atoms with E-state index in [4.69, 9.17) is 9.47 Å². The van der Waals surface area contributed by atoms with Gasteiger partial charge in [-0.3, -0.25) is 4.79 Å². The van der Waals surface area contributed by atoms with E-state index in [9.17, 15) is 4.79 Å². The van der Waals surface area contributed by atoms with Crippen molar-refractivity contribution in [3.8, 4) is 22.1 Å². The number of para-hydroxylation sites is 1. The van der Waals surface area contributed by atoms with Crippen molar-refractivity contribution in [3.05, 3.63) is 59.6 Å². The van der Waals surface area contributed by atoms with Crippen LogP contribution in [0.15, 0.2) is 54.7 Å². The first kappa shape index (κ1) is 13.8. The summed E-state index contributed by atoms with van der Waals surface area (Å²) in [6.45, 7) is 0.237. The Kier molecular flexibility index (Phi) is 3.44. The van der Waals surface area contributed by atoms with Crippen molar-refractivity contribution in [2.75, 3.05) is 12.1 Å². The fourth-order valence-electron chi connectivity index (χ4n) is 2.26. The number of carbonyl (C=O) groups is 1. The number of amides is 1. The van der Waals surface area contributed by atoms with Gasteiger partial charge in [0.2, 0.25) is 6.79 Å². The molecule has 1 aliphatic rings. The molecule has 114 valence electrons. The van der Waals surface area contributed by atoms with Crippen LogP contribution in [-0.4, -0.2) is 17.7 Å². The van der Waals surface area contributed by atoms with Crippen LogP contribution in [0, 0.1) is 0 Å². The molecular formula is C17H12N2O3S. The molecule has 0 saturated carbocycles. The molecule has 5 nitrogen and oxygen atoms in total. The third kappa shape index (κ3) is 2.76. The molecule has 0 fully saturated rings. The lowest BCUT2D eigenvalue weighted by Gasteiger charge is -2.02. The van der Waals surface area contributed by atoms with Crippen LogP contribution in [0.4, 0.5) is 5.69 Å². The van der Waals surface area contributed by atoms with Crippen molar-refractivity contribution >= 4 is 22.9 Å². The molecule has 1 amide bonds. The van der Waals surface area contributed by atoms with Crippen molar-refractivity contribution in [1.29, 1.82) is 0 Å². The third-order valence-electron chi connectivity index (χ3n) is 3.38. The number of rotatable bonds is 3. The second kappa shape index (κ2) is 5.73. The molecule has 3 aromatic rings. The minimum atomic E-state index is -0.166. The Balaban J connectivity index is 1.56. The average Bonchev–Trinajstić information content (AvgIpc) is 3.24. The van der Waals surface area contributed by atoms with Crippen molar-refractivity contribution in [2.45, 2.75) is 0 Å². The average molecular weight is 324 g/mol. The number of thiazole rings is 1. The van der Waals surface area contributed by atoms with E-state index in [1.165, 1.54) is 11.3 Å². The molecule has 6 heteroatoms. The summed E-state index contributed by atoms with van der Waals surface area (Å²) in [5, 5.41) is 3.62. The first-order chi connectivity index (χ1) is 11.3. The summed E-state index contributed by atoms with van der Waals surface area (Å²) in [4.78, 5) is 17.2. The summed E-state index contributed by atoms with van der Waals surface area (Å²) in [5.74, 6) is 1.26. The molecule has 23 heavy (non-hydrogen) atoms. The van der Waals surface area contributed by atoms with E-state index >= 15 is 0 Å². The summed E-state index contributed by atoms with van der Waals surface area (Å²) in [6, 6.07) is 15.0. The first-order valence-electron chi connectivity index (χ1n) is 7.02. The van der Waals surface area contributed by atoms with Crippen LogP contribution in [0.1, 0.15) is 9.67 Å². The monoisotopic (exact) mass is 324 g/mol. The molecule has 1 aliphatic heterocycles. The van der Waals surface area contributed by atoms with E-state index < -0.39 is 0 Å². The van der Waals surface area contributed by atoms with Gasteiger partial charge in [0.25, 0.3) is 5.91 Å². The molecule has 1 aromatic heterocycles. The van der Waals surface area contributed by atoms with Gasteiger partial charge in [-0.25, -0.2) is 4.98 Å². The van der Waals surface area contributed by atoms with Crippen molar-refractivity contribution in [2.24, 2.45) is 0 Å². The molecule has 0 radical (unpaired) electrons. The zero-order valence-corrected chi connectivity index (χ0v) is 12.8. The number of carbonyl (C=O) groups excluding carboxylic acids is 1. The van der Waals surface area contributed by atoms with Crippen LogP contribution < -0.4 is 14.8 Å². The highest BCUT2D eigenvalue weighted by Crippen LogP contribution is 2.37. The molecule has 0 unspecified atom stereocenters. The Bertz CT molecular complexity index is 861. The Labute approximate surface area is 136 Å². The summed E-state index contributed by atoms with van der Waals surface area (Å²) < 4.78 is 10.7. The normalized spacial score (nSPS) is 12.2. The minimum absolute atomic E-state index is 0.166. The standard InChI is InChI=1S/C17H12N2O3S/c20-16(19-12-4-2-1-3-5-12)15-9-18-17(23-15)11-6-7-13-14(8-11)22-10-21-13/h1-9H,10H2,(H,19,20). The van der Waals surface area contributed by atoms with Gasteiger partial charge >= 0.3 is 0 Å². The number of aromatic nitrogens is 1. The molecule has 0 aliphatic carbocycles. The lowest BCUT2D eigenvalue weighted by atomic mass is 10.2. The second-order valence-corrected chi connectivity index (χ2v) is 5.95. The van der Waals surface area contributed by atoms with Crippen LogP contribution in [0.2, 0.25) is 0 Å². The molecule has 0 spiro atoms. The quantitative estimate of drug-likeness (QED) is 0.796. The third-order valence-corrected chi connectivity index (χ3v) is 4.43. The van der Waals surface area contributed by atoms with Crippen LogP contribution >= 0.6 is 11.3 Å². The fourth-order valence-corrected chi connectivity index (χ4v) is 3.06. The minimum Gasteiger partial charge on any atom is -0.454 e. The molecular weight excluding hydrogens is 312 g/mol. The lowest BCUT2D eigenvalue weighted by molar-refractivity contribution is 0.103. The van der Waals surface area contributed by atoms with Crippen LogP contribution in [0.3, 0.4) is 0 Å². The predicted molar refractivity (Wildman–Crippen MR) is 88.1 cm³/mol. The number of hydrogen-bond donors (Lipinski definition) is 1. The van der Waals surface area contributed by atoms with E-state index in [-0.39, 0.29) is 12.7 Å². The largest absolute Gasteiger partial charge is 0.454 e. The van der Waals surface area contributed by atoms with Gasteiger partial charge in [-0.1, -0.05) is 18.2 Å². The Morgan fingerprint density at radius 3 is 2.78 bits per heavy atom. The maximum absolute atomic E-state index is 12.3. The van der Waals surface area contributed by atoms with Crippen LogP contribution in [0.5, 0.6) is 11.5 Å². The van der Waals surface area contributed by atoms with Crippen molar-refractivity contribution in [1.82, 2.24) is 4.98 Å². The molecule has 1 N–H and O–H groups in total. The number of hydrogen-bond acceptors (Lipinski definition) is 5. The number of ether oxygens (including phenoxy) is 2. The van der Waals surface area contributed by atoms with E-state index in [0.29, 0.717) is 10.6 Å². The van der Waals surface area contributed by atoms with Gasteiger partial charge in [0.15, 0.2) is 11.5 Å². The Morgan fingerprint density at radius 2 is 1.91 bits per heavy atom. The van der Waals surface area contributed by atoms with Gasteiger partial charge in [0, 0.05) is 11.3 Å². The number of nitrogens with zero attached hydrogens (tertiary/aromatic N) is 1. The topological polar surface area (TPSA) is 60.5 Å². The van der Waals surface area contributed by atoms with Crippen molar-refractivity contribution < 1.29 is 14.3 Å². The maximum Gasteiger partial charge on any atom is 0.267 e. The van der Waals surface area contributed by atoms with Gasteiger partial charge in [0.1, 0.15) is 9.88 Å². The van der Waals surface area contributed by atoms with E-state index in [1.807, 2.05) is 48.5 Å². The highest BCUT2D eigenvalue weighted by Gasteiger charge is 2.16. The zero-order chi connectivity index (χ0) is 15.6. The molecule has 0 atom stereocenters. The van der Waals surface area contributed by atoms with E-state index in [0.717, 1.165) is 22.0 Å². The summed E-state index contributed by atoms with van der Waals surface area (Å²) in [5.41, 5.74) is 1.66. The predicted octanol–water partition coefficient (Wildman–Crippen LogP) is 3.79. The molecule has 2 heterocycles. The molecule has 0 saturated heterocycles. The number of nitrogens with one attached hydrogen (secondary N) is 1. The highest BCUT2D eigenvalue weighted by molar-refractivity contribution is 7.17. The zero-order valence-electron chi connectivity index (χ0n) is 12.0. The fraction of sp³-hybridized carbons (Fsp3) is 0.0588. The van der Waals surface area contributed by atoms with E-state index in [1.54, 1.807) is 6.20 Å². The number of fused-ring (bicyclic) bond motifs is 1. The Hall–Kier alpha value is -2.86. The van der Waals surface area contributed by atoms with Gasteiger partial charge in [-0.05, 0) is 30.3 Å². The summed E-state index contributed by atoms with van der Waals surface area (Å²) in [7, 11) is 0. The maximum atomic E-state index is 12.3. The molecule has 2 aromatic carbocycles. The lowest BCUT2D eigenvalue weighted by Crippen LogP contribution is -2.09. The molecule has 4 rings (SSSR count). The van der Waals surface area contributed by atoms with E-state index in [2.05, 4.69) is 10.3 Å². The Morgan fingerprint density at radius 1 is 1.09 bits per heavy atom. The van der Waals surface area contributed by atoms with Gasteiger partial charge in [0.05, 0.1) is 6.20 Å². The van der Waals surface area contributed by atoms with Crippen LogP contribution in [0.25, 0.3) is 10.6 Å². The summed E-state index contributed by atoms with van der Waals surface area (Å²) in [6.07, 6.45) is 1.59. The number of benzene rings is 2. The smallest absolute Gasteiger partial charge is 0.267 e. The van der Waals surface area contributed by atoms with Gasteiger partial charge in [-0.15, -0.1) is 11.3 Å². The SMILES string of the molecule is O=C(Nc1ccccc1)c1cnc(-c2ccc3c(c2)OCO3)s1. The number of anilines is 1. The summed E-state index contributed by atoms with van der Waals surface area (Å²) >= 11 is 1.34. The van der Waals surface area contributed by atoms with Gasteiger partial charge < -0.3 is 14.8 Å². The van der Waals surface area contributed by atoms with Crippen LogP contribution in [-0.2, 0) is 0 Å². The second-order valence-electron chi connectivity index (χ2n) is 4.92. The highest BCUT2D eigenvalue weighted by atomic mass is 32.1. The first-order valence-corrected chi connectivity index (χ1v) is 7.83. The molecule has 0 bridgehead atoms.